The van der Waals surface area contributed by atoms with E-state index < -0.39 is 0 Å². The van der Waals surface area contributed by atoms with E-state index in [1.807, 2.05) is 22.5 Å². The molecule has 0 aliphatic heterocycles. The van der Waals surface area contributed by atoms with Crippen LogP contribution in [-0.2, 0) is 6.54 Å². The summed E-state index contributed by atoms with van der Waals surface area (Å²) in [6, 6.07) is 0.350. The highest BCUT2D eigenvalue weighted by Crippen LogP contribution is 2.46. The second-order valence-electron chi connectivity index (χ2n) is 6.36. The number of hydrogen-bond acceptors (Lipinski definition) is 5. The first-order chi connectivity index (χ1) is 10.1. The fourth-order valence-electron chi connectivity index (χ4n) is 2.77. The molecule has 0 N–H and O–H groups in total. The van der Waals surface area contributed by atoms with Gasteiger partial charge in [0.1, 0.15) is 5.69 Å². The Labute approximate surface area is 130 Å². The predicted molar refractivity (Wildman–Crippen MR) is 85.4 cm³/mol. The molecule has 0 bridgehead atoms. The van der Waals surface area contributed by atoms with Crippen molar-refractivity contribution in [1.29, 1.82) is 0 Å². The zero-order valence-corrected chi connectivity index (χ0v) is 13.9. The summed E-state index contributed by atoms with van der Waals surface area (Å²) in [6.07, 6.45) is 3.92. The molecule has 2 atom stereocenters. The summed E-state index contributed by atoms with van der Waals surface area (Å²) in [5.74, 6) is 2.41. The minimum atomic E-state index is 0.350. The molecule has 3 rings (SSSR count). The lowest BCUT2D eigenvalue weighted by Crippen LogP contribution is -2.26. The molecule has 5 nitrogen and oxygen atoms in total. The maximum Gasteiger partial charge on any atom is 0.185 e. The molecule has 0 aromatic carbocycles. The first-order valence-corrected chi connectivity index (χ1v) is 8.49. The molecule has 1 fully saturated rings. The SMILES string of the molecule is CC(C)n1cc(CN(CC2[C@@H](C)[C@@H]2C)c2nccs2)nn1. The van der Waals surface area contributed by atoms with Gasteiger partial charge in [-0.25, -0.2) is 9.67 Å². The van der Waals surface area contributed by atoms with Gasteiger partial charge in [-0.1, -0.05) is 19.1 Å². The van der Waals surface area contributed by atoms with Gasteiger partial charge in [0.05, 0.1) is 12.7 Å². The molecule has 0 amide bonds. The van der Waals surface area contributed by atoms with Crippen molar-refractivity contribution in [3.05, 3.63) is 23.5 Å². The quantitative estimate of drug-likeness (QED) is 0.822. The standard InChI is InChI=1S/C15H23N5S/c1-10(2)20-8-13(17-18-20)7-19(15-16-5-6-21-15)9-14-11(3)12(14)4/h5-6,8,10-12,14H,7,9H2,1-4H3/t11-,12-/m0/s1. The molecule has 1 aliphatic carbocycles. The summed E-state index contributed by atoms with van der Waals surface area (Å²) in [7, 11) is 0. The van der Waals surface area contributed by atoms with Gasteiger partial charge in [0.2, 0.25) is 0 Å². The Bertz CT molecular complexity index is 569. The van der Waals surface area contributed by atoms with Crippen LogP contribution in [0.15, 0.2) is 17.8 Å². The highest BCUT2D eigenvalue weighted by Gasteiger charge is 2.43. The topological polar surface area (TPSA) is 46.8 Å². The smallest absolute Gasteiger partial charge is 0.185 e. The number of thiazole rings is 1. The van der Waals surface area contributed by atoms with Crippen LogP contribution < -0.4 is 4.90 Å². The van der Waals surface area contributed by atoms with Crippen LogP contribution in [0.25, 0.3) is 0 Å². The second-order valence-corrected chi connectivity index (χ2v) is 7.23. The van der Waals surface area contributed by atoms with Gasteiger partial charge in [-0.2, -0.15) is 0 Å². The molecule has 1 saturated carbocycles. The van der Waals surface area contributed by atoms with Crippen molar-refractivity contribution < 1.29 is 0 Å². The molecule has 6 heteroatoms. The molecule has 0 saturated heterocycles. The Kier molecular flexibility index (Phi) is 3.97. The Morgan fingerprint density at radius 3 is 2.62 bits per heavy atom. The molecule has 2 aromatic rings. The summed E-state index contributed by atoms with van der Waals surface area (Å²) in [5, 5.41) is 11.6. The normalized spacial score (nSPS) is 24.5. The van der Waals surface area contributed by atoms with E-state index in [9.17, 15) is 0 Å². The molecule has 2 aromatic heterocycles. The largest absolute Gasteiger partial charge is 0.342 e. The van der Waals surface area contributed by atoms with Crippen molar-refractivity contribution in [3.63, 3.8) is 0 Å². The van der Waals surface area contributed by atoms with E-state index in [1.165, 1.54) is 0 Å². The first kappa shape index (κ1) is 14.5. The lowest BCUT2D eigenvalue weighted by atomic mass is 10.3. The fraction of sp³-hybridized carbons (Fsp3) is 0.667. The van der Waals surface area contributed by atoms with E-state index in [0.717, 1.165) is 41.7 Å². The van der Waals surface area contributed by atoms with Crippen molar-refractivity contribution in [2.24, 2.45) is 17.8 Å². The molecule has 2 heterocycles. The van der Waals surface area contributed by atoms with Crippen LogP contribution in [0.5, 0.6) is 0 Å². The van der Waals surface area contributed by atoms with Gasteiger partial charge < -0.3 is 4.90 Å². The van der Waals surface area contributed by atoms with Gasteiger partial charge in [-0.15, -0.1) is 16.4 Å². The van der Waals surface area contributed by atoms with Gasteiger partial charge in [0.25, 0.3) is 0 Å². The highest BCUT2D eigenvalue weighted by atomic mass is 32.1. The van der Waals surface area contributed by atoms with Crippen LogP contribution in [0.2, 0.25) is 0 Å². The summed E-state index contributed by atoms with van der Waals surface area (Å²) >= 11 is 1.70. The molecule has 0 unspecified atom stereocenters. The van der Waals surface area contributed by atoms with Crippen molar-refractivity contribution in [2.45, 2.75) is 40.3 Å². The number of anilines is 1. The first-order valence-electron chi connectivity index (χ1n) is 7.61. The van der Waals surface area contributed by atoms with E-state index in [4.69, 9.17) is 0 Å². The average Bonchev–Trinajstić information content (AvgIpc) is 2.95. The van der Waals surface area contributed by atoms with Gasteiger partial charge in [-0.3, -0.25) is 0 Å². The lowest BCUT2D eigenvalue weighted by molar-refractivity contribution is 0.514. The summed E-state index contributed by atoms with van der Waals surface area (Å²) < 4.78 is 1.91. The van der Waals surface area contributed by atoms with Crippen LogP contribution in [0, 0.1) is 17.8 Å². The van der Waals surface area contributed by atoms with E-state index >= 15 is 0 Å². The number of aromatic nitrogens is 4. The molecular weight excluding hydrogens is 282 g/mol. The molecule has 21 heavy (non-hydrogen) atoms. The number of rotatable bonds is 6. The third-order valence-electron chi connectivity index (χ3n) is 4.60. The summed E-state index contributed by atoms with van der Waals surface area (Å²) in [4.78, 5) is 6.83. The van der Waals surface area contributed by atoms with Crippen molar-refractivity contribution in [3.8, 4) is 0 Å². The minimum absolute atomic E-state index is 0.350. The van der Waals surface area contributed by atoms with Crippen LogP contribution >= 0.6 is 11.3 Å². The molecule has 0 spiro atoms. The summed E-state index contributed by atoms with van der Waals surface area (Å²) in [6.45, 7) is 10.8. The monoisotopic (exact) mass is 305 g/mol. The zero-order chi connectivity index (χ0) is 15.0. The zero-order valence-electron chi connectivity index (χ0n) is 13.1. The highest BCUT2D eigenvalue weighted by molar-refractivity contribution is 7.13. The number of nitrogens with zero attached hydrogens (tertiary/aromatic N) is 5. The Morgan fingerprint density at radius 1 is 1.33 bits per heavy atom. The minimum Gasteiger partial charge on any atom is -0.342 e. The summed E-state index contributed by atoms with van der Waals surface area (Å²) in [5.41, 5.74) is 1.01. The second kappa shape index (κ2) is 5.75. The van der Waals surface area contributed by atoms with Crippen LogP contribution in [0.1, 0.15) is 39.4 Å². The van der Waals surface area contributed by atoms with Gasteiger partial charge in [-0.05, 0) is 31.6 Å². The van der Waals surface area contributed by atoms with Crippen molar-refractivity contribution in [1.82, 2.24) is 20.0 Å². The maximum atomic E-state index is 4.48. The van der Waals surface area contributed by atoms with Gasteiger partial charge >= 0.3 is 0 Å². The van der Waals surface area contributed by atoms with E-state index in [2.05, 4.69) is 47.9 Å². The Balaban J connectivity index is 1.72. The fourth-order valence-corrected chi connectivity index (χ4v) is 3.42. The lowest BCUT2D eigenvalue weighted by Gasteiger charge is -2.20. The van der Waals surface area contributed by atoms with Crippen LogP contribution in [-0.4, -0.2) is 26.5 Å². The Morgan fingerprint density at radius 2 is 2.10 bits per heavy atom. The molecule has 1 aliphatic rings. The van der Waals surface area contributed by atoms with Crippen molar-refractivity contribution in [2.75, 3.05) is 11.4 Å². The van der Waals surface area contributed by atoms with Crippen molar-refractivity contribution >= 4 is 16.5 Å². The molecule has 114 valence electrons. The van der Waals surface area contributed by atoms with E-state index in [0.29, 0.717) is 6.04 Å². The number of hydrogen-bond donors (Lipinski definition) is 0. The molecule has 0 radical (unpaired) electrons. The van der Waals surface area contributed by atoms with Gasteiger partial charge in [0.15, 0.2) is 5.13 Å². The maximum absolute atomic E-state index is 4.48. The van der Waals surface area contributed by atoms with Crippen LogP contribution in [0.4, 0.5) is 5.13 Å². The van der Waals surface area contributed by atoms with Crippen LogP contribution in [0.3, 0.4) is 0 Å². The third-order valence-corrected chi connectivity index (χ3v) is 5.43. The predicted octanol–water partition coefficient (Wildman–Crippen LogP) is 3.22. The third kappa shape index (κ3) is 3.10. The van der Waals surface area contributed by atoms with Gasteiger partial charge in [0, 0.05) is 24.2 Å². The van der Waals surface area contributed by atoms with E-state index in [-0.39, 0.29) is 0 Å². The molecular formula is C15H23N5S. The average molecular weight is 305 g/mol. The van der Waals surface area contributed by atoms with E-state index in [1.54, 1.807) is 11.3 Å². The Hall–Kier alpha value is -1.43.